The van der Waals surface area contributed by atoms with Crippen LogP contribution in [0.2, 0.25) is 0 Å². The van der Waals surface area contributed by atoms with Crippen molar-refractivity contribution in [3.05, 3.63) is 15.8 Å². The van der Waals surface area contributed by atoms with Gasteiger partial charge in [0.25, 0.3) is 0 Å². The number of methoxy groups -OCH3 is 1. The molecule has 0 unspecified atom stereocenters. The minimum absolute atomic E-state index is 0.0521. The Balaban J connectivity index is 2.00. The summed E-state index contributed by atoms with van der Waals surface area (Å²) in [7, 11) is 1.40. The Morgan fingerprint density at radius 1 is 1.10 bits per heavy atom. The molecule has 5 heteroatoms. The highest BCUT2D eigenvalue weighted by molar-refractivity contribution is 7.15. The Labute approximate surface area is 185 Å². The zero-order valence-corrected chi connectivity index (χ0v) is 19.9. The minimum atomic E-state index is -0.383. The second-order valence-corrected chi connectivity index (χ2v) is 11.0. The lowest BCUT2D eigenvalue weighted by Crippen LogP contribution is -2.44. The van der Waals surface area contributed by atoms with E-state index in [1.165, 1.54) is 18.4 Å². The van der Waals surface area contributed by atoms with Crippen LogP contribution in [0, 0.1) is 29.1 Å². The lowest BCUT2D eigenvalue weighted by molar-refractivity contribution is -0.124. The molecule has 30 heavy (non-hydrogen) atoms. The fraction of sp³-hybridized carbons (Fsp3) is 0.680. The predicted molar refractivity (Wildman–Crippen MR) is 123 cm³/mol. The molecule has 164 valence electrons. The van der Waals surface area contributed by atoms with Gasteiger partial charge >= 0.3 is 5.97 Å². The number of rotatable bonds is 4. The van der Waals surface area contributed by atoms with E-state index in [4.69, 9.17) is 4.74 Å². The molecule has 2 aliphatic carbocycles. The molecular weight excluding hydrogens is 394 g/mol. The summed E-state index contributed by atoms with van der Waals surface area (Å²) in [5.41, 5.74) is 0.579. The number of thiophene rings is 1. The summed E-state index contributed by atoms with van der Waals surface area (Å²) in [5.74, 6) is 7.01. The summed E-state index contributed by atoms with van der Waals surface area (Å²) in [6, 6.07) is 2.11. The first-order valence-electron chi connectivity index (χ1n) is 11.3. The van der Waals surface area contributed by atoms with Crippen LogP contribution in [0.1, 0.15) is 93.6 Å². The third-order valence-corrected chi connectivity index (χ3v) is 7.22. The molecule has 0 aromatic carbocycles. The van der Waals surface area contributed by atoms with Gasteiger partial charge in [0.1, 0.15) is 4.88 Å². The van der Waals surface area contributed by atoms with E-state index >= 15 is 0 Å². The molecule has 0 atom stereocenters. The van der Waals surface area contributed by atoms with Crippen LogP contribution in [0.4, 0.5) is 5.69 Å². The van der Waals surface area contributed by atoms with E-state index in [9.17, 15) is 9.59 Å². The van der Waals surface area contributed by atoms with Gasteiger partial charge in [-0.15, -0.1) is 11.3 Å². The van der Waals surface area contributed by atoms with Crippen LogP contribution in [0.5, 0.6) is 0 Å². The van der Waals surface area contributed by atoms with Crippen LogP contribution in [-0.4, -0.2) is 25.0 Å². The quantitative estimate of drug-likeness (QED) is 0.433. The molecule has 1 amide bonds. The molecule has 3 rings (SSSR count). The van der Waals surface area contributed by atoms with Gasteiger partial charge in [0.05, 0.1) is 17.7 Å². The van der Waals surface area contributed by atoms with Gasteiger partial charge in [0.15, 0.2) is 0 Å². The number of hydrogen-bond donors (Lipinski definition) is 0. The summed E-state index contributed by atoms with van der Waals surface area (Å²) in [6.07, 6.45) is 8.34. The highest BCUT2D eigenvalue weighted by atomic mass is 32.1. The van der Waals surface area contributed by atoms with E-state index in [1.807, 2.05) is 11.0 Å². The van der Waals surface area contributed by atoms with Gasteiger partial charge in [-0.1, -0.05) is 31.6 Å². The molecule has 4 nitrogen and oxygen atoms in total. The van der Waals surface area contributed by atoms with Gasteiger partial charge in [-0.3, -0.25) is 4.79 Å². The van der Waals surface area contributed by atoms with Crippen molar-refractivity contribution in [1.29, 1.82) is 0 Å². The molecule has 2 aliphatic rings. The van der Waals surface area contributed by atoms with Gasteiger partial charge in [0, 0.05) is 17.4 Å². The number of hydrogen-bond acceptors (Lipinski definition) is 4. The Kier molecular flexibility index (Phi) is 7.29. The molecule has 0 bridgehead atoms. The Morgan fingerprint density at radius 3 is 2.30 bits per heavy atom. The van der Waals surface area contributed by atoms with E-state index in [0.29, 0.717) is 16.5 Å². The van der Waals surface area contributed by atoms with E-state index < -0.39 is 0 Å². The topological polar surface area (TPSA) is 46.6 Å². The van der Waals surface area contributed by atoms with Crippen LogP contribution >= 0.6 is 11.3 Å². The summed E-state index contributed by atoms with van der Waals surface area (Å²) in [6.45, 7) is 8.46. The largest absolute Gasteiger partial charge is 0.465 e. The van der Waals surface area contributed by atoms with Crippen LogP contribution < -0.4 is 4.90 Å². The van der Waals surface area contributed by atoms with Gasteiger partial charge in [0.2, 0.25) is 5.91 Å². The summed E-state index contributed by atoms with van der Waals surface area (Å²) in [5, 5.41) is 0. The molecule has 2 saturated carbocycles. The average Bonchev–Trinajstić information content (AvgIpc) is 3.37. The first-order valence-corrected chi connectivity index (χ1v) is 12.1. The van der Waals surface area contributed by atoms with E-state index in [1.54, 1.807) is 0 Å². The smallest absolute Gasteiger partial charge is 0.350 e. The third kappa shape index (κ3) is 5.46. The molecule has 0 spiro atoms. The van der Waals surface area contributed by atoms with Crippen molar-refractivity contribution in [3.8, 4) is 11.8 Å². The van der Waals surface area contributed by atoms with Crippen molar-refractivity contribution in [2.75, 3.05) is 12.0 Å². The van der Waals surface area contributed by atoms with Crippen molar-refractivity contribution in [3.63, 3.8) is 0 Å². The van der Waals surface area contributed by atoms with Crippen molar-refractivity contribution in [1.82, 2.24) is 0 Å². The molecule has 0 radical (unpaired) electrons. The van der Waals surface area contributed by atoms with Gasteiger partial charge in [-0.2, -0.15) is 0 Å². The Hall–Kier alpha value is -1.80. The molecular formula is C25H35NO3S. The maximum atomic E-state index is 13.7. The number of carbonyl (C=O) groups is 2. The average molecular weight is 430 g/mol. The summed E-state index contributed by atoms with van der Waals surface area (Å²) >= 11 is 1.34. The first kappa shape index (κ1) is 22.9. The number of amides is 1. The maximum absolute atomic E-state index is 13.7. The number of nitrogens with zero attached hydrogens (tertiary/aromatic N) is 1. The van der Waals surface area contributed by atoms with Crippen molar-refractivity contribution < 1.29 is 14.3 Å². The Bertz CT molecular complexity index is 825. The van der Waals surface area contributed by atoms with Crippen molar-refractivity contribution in [2.24, 2.45) is 17.3 Å². The van der Waals surface area contributed by atoms with Crippen LogP contribution in [0.3, 0.4) is 0 Å². The van der Waals surface area contributed by atoms with Gasteiger partial charge in [-0.25, -0.2) is 4.79 Å². The minimum Gasteiger partial charge on any atom is -0.465 e. The molecule has 0 aliphatic heterocycles. The standard InChI is InChI=1S/C25H35NO3S/c1-17-10-12-18(13-11-17)23(27)26(19-8-6-7-9-19)21-16-20(14-15-25(2,3)4)30-22(21)24(28)29-5/h16-19H,6-13H2,1-5H3. The lowest BCUT2D eigenvalue weighted by Gasteiger charge is -2.34. The van der Waals surface area contributed by atoms with E-state index in [0.717, 1.165) is 56.2 Å². The fourth-order valence-electron chi connectivity index (χ4n) is 4.47. The molecule has 0 saturated heterocycles. The van der Waals surface area contributed by atoms with Gasteiger partial charge in [-0.05, 0) is 71.3 Å². The first-order chi connectivity index (χ1) is 14.2. The number of anilines is 1. The zero-order chi connectivity index (χ0) is 21.9. The normalized spacial score (nSPS) is 22.3. The molecule has 1 aromatic rings. The molecule has 1 aromatic heterocycles. The maximum Gasteiger partial charge on any atom is 0.350 e. The molecule has 1 heterocycles. The highest BCUT2D eigenvalue weighted by Crippen LogP contribution is 2.39. The number of ether oxygens (including phenoxy) is 1. The lowest BCUT2D eigenvalue weighted by atomic mass is 9.82. The third-order valence-electron chi connectivity index (χ3n) is 6.20. The van der Waals surface area contributed by atoms with Gasteiger partial charge < -0.3 is 9.64 Å². The number of carbonyl (C=O) groups excluding carboxylic acids is 2. The molecule has 2 fully saturated rings. The molecule has 0 N–H and O–H groups in total. The summed E-state index contributed by atoms with van der Waals surface area (Å²) in [4.78, 5) is 29.6. The second-order valence-electron chi connectivity index (χ2n) is 9.92. The van der Waals surface area contributed by atoms with Crippen LogP contribution in [0.25, 0.3) is 0 Å². The monoisotopic (exact) mass is 429 g/mol. The second kappa shape index (κ2) is 9.56. The Morgan fingerprint density at radius 2 is 1.73 bits per heavy atom. The van der Waals surface area contributed by atoms with Crippen molar-refractivity contribution >= 4 is 28.9 Å². The SMILES string of the molecule is COC(=O)c1sc(C#CC(C)(C)C)cc1N(C(=O)C1CCC(C)CC1)C1CCCC1. The van der Waals surface area contributed by atoms with Crippen LogP contribution in [-0.2, 0) is 9.53 Å². The fourth-order valence-corrected chi connectivity index (χ4v) is 5.39. The summed E-state index contributed by atoms with van der Waals surface area (Å²) < 4.78 is 5.07. The number of esters is 1. The van der Waals surface area contributed by atoms with E-state index in [2.05, 4.69) is 39.5 Å². The van der Waals surface area contributed by atoms with Crippen LogP contribution in [0.15, 0.2) is 6.07 Å². The predicted octanol–water partition coefficient (Wildman–Crippen LogP) is 6.03. The van der Waals surface area contributed by atoms with E-state index in [-0.39, 0.29) is 29.3 Å². The van der Waals surface area contributed by atoms with Crippen molar-refractivity contribution in [2.45, 2.75) is 85.1 Å². The zero-order valence-electron chi connectivity index (χ0n) is 19.0. The highest BCUT2D eigenvalue weighted by Gasteiger charge is 2.37.